The minimum Gasteiger partial charge on any atom is -0.341 e. The van der Waals surface area contributed by atoms with Crippen LogP contribution in [0.25, 0.3) is 11.2 Å². The van der Waals surface area contributed by atoms with Gasteiger partial charge in [-0.1, -0.05) is 12.8 Å². The lowest BCUT2D eigenvalue weighted by Crippen LogP contribution is -2.44. The lowest BCUT2D eigenvalue weighted by molar-refractivity contribution is 0.496. The largest absolute Gasteiger partial charge is 0.341 e. The van der Waals surface area contributed by atoms with Crippen molar-refractivity contribution in [2.75, 3.05) is 18.0 Å². The molecule has 4 heterocycles. The van der Waals surface area contributed by atoms with Gasteiger partial charge in [0.2, 0.25) is 5.95 Å². The SMILES string of the molecule is CC#CCn1c(N2CCC[C@@H](N)C2)nc2c1c(=O)n(Cc1nc(C)c3c(n1)CC(C)C3)c(=O)n2C. The topological polar surface area (TPSA) is 117 Å². The van der Waals surface area contributed by atoms with Crippen LogP contribution in [0.3, 0.4) is 0 Å². The normalized spacial score (nSPS) is 19.6. The average molecular weight is 477 g/mol. The third kappa shape index (κ3) is 4.04. The lowest BCUT2D eigenvalue weighted by atomic mass is 10.1. The van der Waals surface area contributed by atoms with Crippen molar-refractivity contribution in [3.05, 3.63) is 43.6 Å². The van der Waals surface area contributed by atoms with Crippen molar-refractivity contribution < 1.29 is 0 Å². The van der Waals surface area contributed by atoms with E-state index in [1.807, 2.05) is 11.5 Å². The van der Waals surface area contributed by atoms with Gasteiger partial charge in [-0.2, -0.15) is 4.98 Å². The summed E-state index contributed by atoms with van der Waals surface area (Å²) in [6.07, 6.45) is 3.76. The number of aryl methyl sites for hydroxylation is 2. The Balaban J connectivity index is 1.65. The molecule has 0 amide bonds. The highest BCUT2D eigenvalue weighted by atomic mass is 16.2. The minimum absolute atomic E-state index is 0.0124. The third-order valence-electron chi connectivity index (χ3n) is 7.11. The predicted molar refractivity (Wildman–Crippen MR) is 135 cm³/mol. The van der Waals surface area contributed by atoms with Crippen LogP contribution in [0.4, 0.5) is 5.95 Å². The molecule has 3 aromatic heterocycles. The summed E-state index contributed by atoms with van der Waals surface area (Å²) in [5.74, 6) is 7.59. The Hall–Kier alpha value is -3.45. The lowest BCUT2D eigenvalue weighted by Gasteiger charge is -2.31. The Morgan fingerprint density at radius 1 is 1.14 bits per heavy atom. The van der Waals surface area contributed by atoms with Gasteiger partial charge in [-0.05, 0) is 51.0 Å². The molecular weight excluding hydrogens is 444 g/mol. The van der Waals surface area contributed by atoms with Crippen LogP contribution >= 0.6 is 0 Å². The molecule has 0 spiro atoms. The second kappa shape index (κ2) is 8.96. The van der Waals surface area contributed by atoms with Crippen LogP contribution in [0.15, 0.2) is 9.59 Å². The molecule has 1 saturated heterocycles. The zero-order chi connectivity index (χ0) is 24.9. The molecule has 2 atom stereocenters. The van der Waals surface area contributed by atoms with Gasteiger partial charge < -0.3 is 10.6 Å². The molecule has 184 valence electrons. The summed E-state index contributed by atoms with van der Waals surface area (Å²) in [6.45, 7) is 7.68. The Labute approximate surface area is 203 Å². The second-order valence-electron chi connectivity index (χ2n) is 9.84. The molecule has 2 aliphatic rings. The van der Waals surface area contributed by atoms with Crippen molar-refractivity contribution in [2.24, 2.45) is 18.7 Å². The molecule has 10 nitrogen and oxygen atoms in total. The van der Waals surface area contributed by atoms with Gasteiger partial charge in [-0.25, -0.2) is 14.8 Å². The van der Waals surface area contributed by atoms with E-state index in [9.17, 15) is 9.59 Å². The van der Waals surface area contributed by atoms with Gasteiger partial charge in [0.15, 0.2) is 11.2 Å². The van der Waals surface area contributed by atoms with Crippen LogP contribution < -0.4 is 21.9 Å². The Kier molecular flexibility index (Phi) is 5.97. The first-order chi connectivity index (χ1) is 16.8. The molecule has 3 aromatic rings. The van der Waals surface area contributed by atoms with E-state index in [2.05, 4.69) is 28.6 Å². The second-order valence-corrected chi connectivity index (χ2v) is 9.84. The number of anilines is 1. The minimum atomic E-state index is -0.439. The molecule has 35 heavy (non-hydrogen) atoms. The van der Waals surface area contributed by atoms with Crippen molar-refractivity contribution >= 4 is 17.1 Å². The van der Waals surface area contributed by atoms with Crippen molar-refractivity contribution in [2.45, 2.75) is 65.6 Å². The quantitative estimate of drug-likeness (QED) is 0.552. The molecule has 0 aromatic carbocycles. The van der Waals surface area contributed by atoms with E-state index < -0.39 is 11.2 Å². The number of rotatable bonds is 4. The van der Waals surface area contributed by atoms with Crippen LogP contribution in [0.2, 0.25) is 0 Å². The summed E-state index contributed by atoms with van der Waals surface area (Å²) in [7, 11) is 1.64. The number of aromatic nitrogens is 6. The summed E-state index contributed by atoms with van der Waals surface area (Å²) in [5.41, 5.74) is 9.22. The molecular formula is C25H32N8O2. The van der Waals surface area contributed by atoms with Crippen molar-refractivity contribution in [1.29, 1.82) is 0 Å². The smallest absolute Gasteiger partial charge is 0.332 e. The molecule has 0 bridgehead atoms. The van der Waals surface area contributed by atoms with Crippen LogP contribution in [-0.4, -0.2) is 47.8 Å². The van der Waals surface area contributed by atoms with Gasteiger partial charge >= 0.3 is 5.69 Å². The number of fused-ring (bicyclic) bond motifs is 2. The first-order valence-electron chi connectivity index (χ1n) is 12.2. The van der Waals surface area contributed by atoms with Crippen molar-refractivity contribution in [3.63, 3.8) is 0 Å². The first kappa shape index (κ1) is 23.3. The molecule has 1 unspecified atom stereocenters. The van der Waals surface area contributed by atoms with Crippen molar-refractivity contribution in [1.82, 2.24) is 28.7 Å². The number of piperidine rings is 1. The fraction of sp³-hybridized carbons (Fsp3) is 0.560. The summed E-state index contributed by atoms with van der Waals surface area (Å²) < 4.78 is 4.46. The monoisotopic (exact) mass is 476 g/mol. The summed E-state index contributed by atoms with van der Waals surface area (Å²) in [6, 6.07) is 0.0395. The van der Waals surface area contributed by atoms with Gasteiger partial charge in [0.05, 0.1) is 13.1 Å². The van der Waals surface area contributed by atoms with E-state index in [1.165, 1.54) is 14.7 Å². The molecule has 1 aliphatic heterocycles. The molecule has 10 heteroatoms. The molecule has 0 saturated carbocycles. The molecule has 1 fully saturated rings. The average Bonchev–Trinajstić information content (AvgIpc) is 3.39. The van der Waals surface area contributed by atoms with Crippen LogP contribution in [0.1, 0.15) is 49.5 Å². The van der Waals surface area contributed by atoms with Gasteiger partial charge in [0, 0.05) is 37.6 Å². The highest BCUT2D eigenvalue weighted by Crippen LogP contribution is 2.27. The van der Waals surface area contributed by atoms with Crippen LogP contribution in [0.5, 0.6) is 0 Å². The fourth-order valence-corrected chi connectivity index (χ4v) is 5.36. The molecule has 0 radical (unpaired) electrons. The maximum atomic E-state index is 13.8. The number of nitrogens with two attached hydrogens (primary N) is 1. The highest BCUT2D eigenvalue weighted by molar-refractivity contribution is 5.75. The maximum absolute atomic E-state index is 13.8. The summed E-state index contributed by atoms with van der Waals surface area (Å²) in [4.78, 5) is 43.3. The third-order valence-corrected chi connectivity index (χ3v) is 7.11. The Morgan fingerprint density at radius 2 is 1.94 bits per heavy atom. The van der Waals surface area contributed by atoms with E-state index in [-0.39, 0.29) is 12.6 Å². The number of hydrogen-bond acceptors (Lipinski definition) is 7. The Bertz CT molecular complexity index is 1490. The van der Waals surface area contributed by atoms with Gasteiger partial charge in [0.1, 0.15) is 5.82 Å². The van der Waals surface area contributed by atoms with E-state index >= 15 is 0 Å². The number of nitrogens with zero attached hydrogens (tertiary/aromatic N) is 7. The van der Waals surface area contributed by atoms with E-state index in [0.717, 1.165) is 43.6 Å². The number of imidazole rings is 1. The summed E-state index contributed by atoms with van der Waals surface area (Å²) >= 11 is 0. The van der Waals surface area contributed by atoms with Gasteiger partial charge in [0.25, 0.3) is 5.56 Å². The van der Waals surface area contributed by atoms with Crippen LogP contribution in [-0.2, 0) is 33.0 Å². The van der Waals surface area contributed by atoms with Crippen molar-refractivity contribution in [3.8, 4) is 11.8 Å². The first-order valence-corrected chi connectivity index (χ1v) is 12.2. The molecule has 2 N–H and O–H groups in total. The zero-order valence-electron chi connectivity index (χ0n) is 20.8. The molecule has 1 aliphatic carbocycles. The maximum Gasteiger partial charge on any atom is 0.332 e. The fourth-order valence-electron chi connectivity index (χ4n) is 5.36. The zero-order valence-corrected chi connectivity index (χ0v) is 20.8. The van der Waals surface area contributed by atoms with E-state index in [0.29, 0.717) is 41.9 Å². The summed E-state index contributed by atoms with van der Waals surface area (Å²) in [5, 5.41) is 0. The van der Waals surface area contributed by atoms with Gasteiger partial charge in [-0.3, -0.25) is 18.5 Å². The van der Waals surface area contributed by atoms with Gasteiger partial charge in [-0.15, -0.1) is 5.92 Å². The van der Waals surface area contributed by atoms with E-state index in [4.69, 9.17) is 15.7 Å². The molecule has 5 rings (SSSR count). The predicted octanol–water partition coefficient (Wildman–Crippen LogP) is 0.729. The van der Waals surface area contributed by atoms with Crippen LogP contribution in [0, 0.1) is 24.7 Å². The van der Waals surface area contributed by atoms with E-state index in [1.54, 1.807) is 14.0 Å². The highest BCUT2D eigenvalue weighted by Gasteiger charge is 2.27. The Morgan fingerprint density at radius 3 is 2.69 bits per heavy atom. The standard InChI is InChI=1S/C25H32N8O2/c1-5-6-10-32-21-22(29-24(32)31-9-7-8-17(26)13-31)30(4)25(35)33(23(21)34)14-20-27-16(3)18-11-15(2)12-19(18)28-20/h15,17H,7-14,26H2,1-4H3/t15?,17-/m1/s1. The number of hydrogen-bond donors (Lipinski definition) is 1.